The van der Waals surface area contributed by atoms with E-state index >= 15 is 0 Å². The van der Waals surface area contributed by atoms with Crippen molar-refractivity contribution in [1.29, 1.82) is 0 Å². The van der Waals surface area contributed by atoms with Crippen LogP contribution < -0.4 is 0 Å². The van der Waals surface area contributed by atoms with E-state index in [9.17, 15) is 4.79 Å². The van der Waals surface area contributed by atoms with Gasteiger partial charge in [-0.25, -0.2) is 9.97 Å². The molecule has 9 heteroatoms. The van der Waals surface area contributed by atoms with Crippen molar-refractivity contribution >= 4 is 34.0 Å². The summed E-state index contributed by atoms with van der Waals surface area (Å²) in [6, 6.07) is 5.49. The molecule has 0 saturated carbocycles. The van der Waals surface area contributed by atoms with Crippen LogP contribution in [0.4, 0.5) is 0 Å². The van der Waals surface area contributed by atoms with E-state index in [-0.39, 0.29) is 5.91 Å². The molecule has 0 spiro atoms. The number of aromatic nitrogens is 4. The number of carbonyl (C=O) groups is 1. The Hall–Kier alpha value is -2.65. The standard InChI is InChI=1S/C20H21N5O2S2/c1-12-8-15(23-27-12)11-28-18-16(6-5-7-21-18)19(26)24(4)10-17-14(3)22-20-25(17)9-13(2)29-20/h5-9H,10-11H2,1-4H3. The first-order chi connectivity index (χ1) is 13.9. The van der Waals surface area contributed by atoms with Gasteiger partial charge in [-0.15, -0.1) is 11.3 Å². The number of thiazole rings is 1. The minimum absolute atomic E-state index is 0.0711. The lowest BCUT2D eigenvalue weighted by Crippen LogP contribution is -2.27. The van der Waals surface area contributed by atoms with E-state index in [0.717, 1.165) is 27.8 Å². The van der Waals surface area contributed by atoms with Gasteiger partial charge in [-0.3, -0.25) is 9.20 Å². The lowest BCUT2D eigenvalue weighted by molar-refractivity contribution is 0.0778. The van der Waals surface area contributed by atoms with Crippen LogP contribution in [0.15, 0.2) is 40.1 Å². The second kappa shape index (κ2) is 8.00. The van der Waals surface area contributed by atoms with E-state index in [0.29, 0.717) is 22.9 Å². The van der Waals surface area contributed by atoms with Gasteiger partial charge in [0.25, 0.3) is 5.91 Å². The van der Waals surface area contributed by atoms with Gasteiger partial charge in [0.05, 0.1) is 29.2 Å². The number of carbonyl (C=O) groups excluding carboxylic acids is 1. The van der Waals surface area contributed by atoms with Crippen LogP contribution in [0.2, 0.25) is 0 Å². The maximum absolute atomic E-state index is 13.2. The number of aryl methyl sites for hydroxylation is 3. The van der Waals surface area contributed by atoms with Crippen LogP contribution in [0.3, 0.4) is 0 Å². The summed E-state index contributed by atoms with van der Waals surface area (Å²) in [4.78, 5) is 26.1. The van der Waals surface area contributed by atoms with Crippen molar-refractivity contribution < 1.29 is 9.32 Å². The minimum atomic E-state index is -0.0711. The van der Waals surface area contributed by atoms with Gasteiger partial charge < -0.3 is 9.42 Å². The highest BCUT2D eigenvalue weighted by molar-refractivity contribution is 7.98. The number of nitrogens with zero attached hydrogens (tertiary/aromatic N) is 5. The average Bonchev–Trinajstić information content (AvgIpc) is 3.35. The molecule has 0 aliphatic rings. The Labute approximate surface area is 176 Å². The SMILES string of the molecule is Cc1cc(CSc2ncccc2C(=O)N(C)Cc2c(C)nc3sc(C)cn23)no1. The molecule has 7 nitrogen and oxygen atoms in total. The molecule has 0 N–H and O–H groups in total. The van der Waals surface area contributed by atoms with E-state index in [1.54, 1.807) is 28.5 Å². The summed E-state index contributed by atoms with van der Waals surface area (Å²) in [5.41, 5.74) is 3.38. The molecule has 0 aliphatic carbocycles. The fraction of sp³-hybridized carbons (Fsp3) is 0.300. The average molecular weight is 428 g/mol. The molecule has 4 aromatic heterocycles. The molecule has 4 rings (SSSR count). The lowest BCUT2D eigenvalue weighted by Gasteiger charge is -2.18. The zero-order valence-electron chi connectivity index (χ0n) is 16.7. The summed E-state index contributed by atoms with van der Waals surface area (Å²) in [6.07, 6.45) is 3.77. The molecule has 0 unspecified atom stereocenters. The highest BCUT2D eigenvalue weighted by atomic mass is 32.2. The Morgan fingerprint density at radius 1 is 1.34 bits per heavy atom. The van der Waals surface area contributed by atoms with Gasteiger partial charge in [0.1, 0.15) is 10.8 Å². The molecule has 0 radical (unpaired) electrons. The molecule has 150 valence electrons. The quantitative estimate of drug-likeness (QED) is 0.428. The smallest absolute Gasteiger partial charge is 0.256 e. The normalized spacial score (nSPS) is 11.3. The summed E-state index contributed by atoms with van der Waals surface area (Å²) in [7, 11) is 1.81. The molecular formula is C20H21N5O2S2. The summed E-state index contributed by atoms with van der Waals surface area (Å²) in [5, 5.41) is 4.69. The first-order valence-electron chi connectivity index (χ1n) is 9.12. The molecular weight excluding hydrogens is 406 g/mol. The van der Waals surface area contributed by atoms with Crippen LogP contribution in [-0.2, 0) is 12.3 Å². The van der Waals surface area contributed by atoms with E-state index in [1.165, 1.54) is 16.6 Å². The maximum Gasteiger partial charge on any atom is 0.256 e. The zero-order chi connectivity index (χ0) is 20.5. The molecule has 0 saturated heterocycles. The predicted octanol–water partition coefficient (Wildman–Crippen LogP) is 4.27. The number of thioether (sulfide) groups is 1. The number of hydrogen-bond acceptors (Lipinski definition) is 7. The fourth-order valence-electron chi connectivity index (χ4n) is 3.10. The number of fused-ring (bicyclic) bond motifs is 1. The Kier molecular flexibility index (Phi) is 5.42. The number of hydrogen-bond donors (Lipinski definition) is 0. The third kappa shape index (κ3) is 4.06. The largest absolute Gasteiger partial charge is 0.361 e. The molecule has 0 bridgehead atoms. The molecule has 0 atom stereocenters. The molecule has 0 aliphatic heterocycles. The number of pyridine rings is 1. The molecule has 1 amide bonds. The van der Waals surface area contributed by atoms with Gasteiger partial charge in [-0.1, -0.05) is 16.9 Å². The van der Waals surface area contributed by atoms with Crippen molar-refractivity contribution in [2.75, 3.05) is 7.05 Å². The second-order valence-corrected chi connectivity index (χ2v) is 9.05. The van der Waals surface area contributed by atoms with Crippen molar-refractivity contribution in [2.45, 2.75) is 38.1 Å². The maximum atomic E-state index is 13.2. The Morgan fingerprint density at radius 2 is 2.17 bits per heavy atom. The Balaban J connectivity index is 1.53. The molecule has 0 fully saturated rings. The molecule has 4 heterocycles. The van der Waals surface area contributed by atoms with E-state index < -0.39 is 0 Å². The van der Waals surface area contributed by atoms with Crippen LogP contribution in [0.1, 0.15) is 38.1 Å². The van der Waals surface area contributed by atoms with Gasteiger partial charge >= 0.3 is 0 Å². The van der Waals surface area contributed by atoms with E-state index in [4.69, 9.17) is 4.52 Å². The first-order valence-corrected chi connectivity index (χ1v) is 10.9. The van der Waals surface area contributed by atoms with Crippen LogP contribution >= 0.6 is 23.1 Å². The van der Waals surface area contributed by atoms with Crippen molar-refractivity contribution in [1.82, 2.24) is 24.4 Å². The van der Waals surface area contributed by atoms with E-state index in [2.05, 4.69) is 32.6 Å². The molecule has 4 aromatic rings. The van der Waals surface area contributed by atoms with Crippen LogP contribution in [0.25, 0.3) is 4.96 Å². The third-order valence-corrected chi connectivity index (χ3v) is 6.45. The predicted molar refractivity (Wildman–Crippen MR) is 113 cm³/mol. The van der Waals surface area contributed by atoms with E-state index in [1.807, 2.05) is 33.0 Å². The molecule has 0 aromatic carbocycles. The fourth-order valence-corrected chi connectivity index (χ4v) is 4.86. The number of rotatable bonds is 6. The number of imidazole rings is 1. The summed E-state index contributed by atoms with van der Waals surface area (Å²) in [5.74, 6) is 1.29. The van der Waals surface area contributed by atoms with Gasteiger partial charge in [0.15, 0.2) is 4.96 Å². The minimum Gasteiger partial charge on any atom is -0.361 e. The number of amides is 1. The van der Waals surface area contributed by atoms with Crippen LogP contribution in [0, 0.1) is 20.8 Å². The van der Waals surface area contributed by atoms with Crippen LogP contribution in [0.5, 0.6) is 0 Å². The topological polar surface area (TPSA) is 76.5 Å². The summed E-state index contributed by atoms with van der Waals surface area (Å²) < 4.78 is 7.18. The highest BCUT2D eigenvalue weighted by Gasteiger charge is 2.20. The summed E-state index contributed by atoms with van der Waals surface area (Å²) in [6.45, 7) is 6.37. The first kappa shape index (κ1) is 19.7. The van der Waals surface area contributed by atoms with Crippen LogP contribution in [-0.4, -0.2) is 37.4 Å². The Morgan fingerprint density at radius 3 is 2.93 bits per heavy atom. The van der Waals surface area contributed by atoms with Crippen molar-refractivity contribution in [3.63, 3.8) is 0 Å². The summed E-state index contributed by atoms with van der Waals surface area (Å²) >= 11 is 3.13. The second-order valence-electron chi connectivity index (χ2n) is 6.87. The van der Waals surface area contributed by atoms with Gasteiger partial charge in [-0.2, -0.15) is 0 Å². The van der Waals surface area contributed by atoms with Gasteiger partial charge in [0, 0.05) is 36.1 Å². The molecule has 29 heavy (non-hydrogen) atoms. The Bertz CT molecular complexity index is 1180. The van der Waals surface area contributed by atoms with Crippen molar-refractivity contribution in [3.05, 3.63) is 63.9 Å². The zero-order valence-corrected chi connectivity index (χ0v) is 18.3. The highest BCUT2D eigenvalue weighted by Crippen LogP contribution is 2.26. The van der Waals surface area contributed by atoms with Crippen molar-refractivity contribution in [3.8, 4) is 0 Å². The monoisotopic (exact) mass is 427 g/mol. The van der Waals surface area contributed by atoms with Gasteiger partial charge in [-0.05, 0) is 32.9 Å². The third-order valence-electron chi connectivity index (χ3n) is 4.51. The lowest BCUT2D eigenvalue weighted by atomic mass is 10.2. The van der Waals surface area contributed by atoms with Crippen molar-refractivity contribution in [2.24, 2.45) is 0 Å². The van der Waals surface area contributed by atoms with Gasteiger partial charge in [0.2, 0.25) is 0 Å².